The van der Waals surface area contributed by atoms with Crippen LogP contribution in [0.2, 0.25) is 0 Å². The Hall–Kier alpha value is -1.71. The van der Waals surface area contributed by atoms with E-state index >= 15 is 0 Å². The molecule has 8 nitrogen and oxygen atoms in total. The second-order valence-electron chi connectivity index (χ2n) is 3.69. The highest BCUT2D eigenvalue weighted by Gasteiger charge is 2.33. The third-order valence-electron chi connectivity index (χ3n) is 2.34. The summed E-state index contributed by atoms with van der Waals surface area (Å²) < 4.78 is 32.2. The summed E-state index contributed by atoms with van der Waals surface area (Å²) in [7, 11) is -4.11. The summed E-state index contributed by atoms with van der Waals surface area (Å²) in [5.41, 5.74) is 0.805. The van der Waals surface area contributed by atoms with Gasteiger partial charge in [-0.25, -0.2) is 0 Å². The lowest BCUT2D eigenvalue weighted by Gasteiger charge is -2.10. The Labute approximate surface area is 110 Å². The van der Waals surface area contributed by atoms with E-state index < -0.39 is 10.4 Å². The Balaban J connectivity index is 2.34. The first kappa shape index (κ1) is 13.7. The maximum atomic E-state index is 11.3. The highest BCUT2D eigenvalue weighted by atomic mass is 32.3. The molecule has 0 bridgehead atoms. The molecule has 1 aromatic carbocycles. The molecule has 0 amide bonds. The third kappa shape index (κ3) is 3.00. The van der Waals surface area contributed by atoms with Gasteiger partial charge in [-0.2, -0.15) is 0 Å². The molecule has 1 aliphatic heterocycles. The van der Waals surface area contributed by atoms with Crippen molar-refractivity contribution < 1.29 is 27.0 Å². The predicted octanol–water partition coefficient (Wildman–Crippen LogP) is -0.489. The van der Waals surface area contributed by atoms with Gasteiger partial charge >= 0.3 is 10.4 Å². The molecule has 0 fully saturated rings. The van der Waals surface area contributed by atoms with E-state index in [-0.39, 0.29) is 37.8 Å². The number of fused-ring (bicyclic) bond motifs is 1. The molecule has 0 saturated heterocycles. The number of hydrogen-bond donors (Lipinski definition) is 4. The van der Waals surface area contributed by atoms with Gasteiger partial charge in [0.05, 0.1) is 24.6 Å². The largest absolute Gasteiger partial charge is 0.501 e. The Morgan fingerprint density at radius 1 is 0.947 bits per heavy atom. The molecule has 0 radical (unpaired) electrons. The van der Waals surface area contributed by atoms with Crippen LogP contribution >= 0.6 is 0 Å². The fourth-order valence-electron chi connectivity index (χ4n) is 1.61. The number of hydrogen-bond acceptors (Lipinski definition) is 8. The van der Waals surface area contributed by atoms with Gasteiger partial charge in [0.2, 0.25) is 11.5 Å². The molecule has 0 aromatic heterocycles. The van der Waals surface area contributed by atoms with Crippen LogP contribution in [-0.4, -0.2) is 44.9 Å². The minimum Gasteiger partial charge on any atom is -0.395 e. The first-order valence-corrected chi connectivity index (χ1v) is 6.91. The molecule has 2 rings (SSSR count). The van der Waals surface area contributed by atoms with Gasteiger partial charge in [-0.1, -0.05) is 0 Å². The molecule has 0 spiro atoms. The second kappa shape index (κ2) is 5.51. The molecule has 19 heavy (non-hydrogen) atoms. The Morgan fingerprint density at radius 3 is 1.74 bits per heavy atom. The Bertz CT molecular complexity index is 516. The van der Waals surface area contributed by atoms with Crippen LogP contribution in [-0.2, 0) is 10.4 Å². The smallest absolute Gasteiger partial charge is 0.395 e. The van der Waals surface area contributed by atoms with E-state index in [0.29, 0.717) is 11.4 Å². The van der Waals surface area contributed by atoms with E-state index in [2.05, 4.69) is 10.6 Å². The molecule has 4 N–H and O–H groups in total. The quantitative estimate of drug-likeness (QED) is 0.554. The molecule has 9 heteroatoms. The average molecular weight is 290 g/mol. The minimum absolute atomic E-state index is 0.0383. The molecule has 106 valence electrons. The monoisotopic (exact) mass is 290 g/mol. The normalized spacial score (nSPS) is 15.3. The standard InChI is InChI=1S/C10H14N2O6S/c13-5-3-11-7-1-2-8(12-4-6-14)10-9(7)17-19(15,16)18-10/h1-2,11-14H,3-6H2. The van der Waals surface area contributed by atoms with Crippen molar-refractivity contribution in [2.24, 2.45) is 0 Å². The van der Waals surface area contributed by atoms with Crippen molar-refractivity contribution in [1.29, 1.82) is 0 Å². The Morgan fingerprint density at radius 2 is 1.37 bits per heavy atom. The number of anilines is 2. The van der Waals surface area contributed by atoms with E-state index in [9.17, 15) is 8.42 Å². The molecule has 1 aliphatic rings. The van der Waals surface area contributed by atoms with Gasteiger partial charge < -0.3 is 29.2 Å². The fourth-order valence-corrected chi connectivity index (χ4v) is 2.38. The van der Waals surface area contributed by atoms with Crippen LogP contribution in [0.5, 0.6) is 11.5 Å². The van der Waals surface area contributed by atoms with E-state index in [4.69, 9.17) is 18.6 Å². The maximum Gasteiger partial charge on any atom is 0.501 e. The van der Waals surface area contributed by atoms with Gasteiger partial charge in [-0.05, 0) is 12.1 Å². The van der Waals surface area contributed by atoms with E-state index in [0.717, 1.165) is 0 Å². The van der Waals surface area contributed by atoms with Crippen molar-refractivity contribution >= 4 is 21.8 Å². The van der Waals surface area contributed by atoms with Crippen molar-refractivity contribution in [3.8, 4) is 11.5 Å². The molecule has 0 unspecified atom stereocenters. The first-order valence-electron chi connectivity index (χ1n) is 5.58. The molecule has 0 saturated carbocycles. The van der Waals surface area contributed by atoms with Crippen molar-refractivity contribution in [3.05, 3.63) is 12.1 Å². The fraction of sp³-hybridized carbons (Fsp3) is 0.400. The topological polar surface area (TPSA) is 117 Å². The molecular formula is C10H14N2O6S. The number of aliphatic hydroxyl groups is 2. The van der Waals surface area contributed by atoms with Crippen molar-refractivity contribution in [2.45, 2.75) is 0 Å². The number of benzene rings is 1. The van der Waals surface area contributed by atoms with E-state index in [1.807, 2.05) is 0 Å². The minimum atomic E-state index is -4.11. The molecule has 1 aromatic rings. The Kier molecular flexibility index (Phi) is 3.98. The number of rotatable bonds is 6. The summed E-state index contributed by atoms with van der Waals surface area (Å²) in [5, 5.41) is 23.2. The SMILES string of the molecule is O=S1(=O)Oc2c(NCCO)ccc(NCCO)c2O1. The lowest BCUT2D eigenvalue weighted by Crippen LogP contribution is -2.09. The number of nitrogens with one attached hydrogen (secondary N) is 2. The lowest BCUT2D eigenvalue weighted by atomic mass is 10.2. The zero-order valence-electron chi connectivity index (χ0n) is 9.92. The number of aliphatic hydroxyl groups excluding tert-OH is 2. The lowest BCUT2D eigenvalue weighted by molar-refractivity contribution is 0.310. The van der Waals surface area contributed by atoms with Crippen LogP contribution in [0, 0.1) is 0 Å². The van der Waals surface area contributed by atoms with Gasteiger partial charge in [-0.3, -0.25) is 0 Å². The predicted molar refractivity (Wildman–Crippen MR) is 67.8 cm³/mol. The second-order valence-corrected chi connectivity index (χ2v) is 4.84. The summed E-state index contributed by atoms with van der Waals surface area (Å²) >= 11 is 0. The summed E-state index contributed by atoms with van der Waals surface area (Å²) in [6.07, 6.45) is 0. The van der Waals surface area contributed by atoms with Crippen LogP contribution < -0.4 is 19.0 Å². The van der Waals surface area contributed by atoms with Crippen molar-refractivity contribution in [1.82, 2.24) is 0 Å². The zero-order chi connectivity index (χ0) is 13.9. The van der Waals surface area contributed by atoms with Gasteiger partial charge in [0.1, 0.15) is 0 Å². The zero-order valence-corrected chi connectivity index (χ0v) is 10.7. The summed E-state index contributed by atoms with van der Waals surface area (Å²) in [6, 6.07) is 3.19. The van der Waals surface area contributed by atoms with E-state index in [1.54, 1.807) is 12.1 Å². The van der Waals surface area contributed by atoms with Crippen LogP contribution in [0.4, 0.5) is 11.4 Å². The molecule has 1 heterocycles. The molecular weight excluding hydrogens is 276 g/mol. The van der Waals surface area contributed by atoms with Crippen LogP contribution in [0.15, 0.2) is 12.1 Å². The summed E-state index contributed by atoms with van der Waals surface area (Å²) in [4.78, 5) is 0. The summed E-state index contributed by atoms with van der Waals surface area (Å²) in [5.74, 6) is 0.0766. The van der Waals surface area contributed by atoms with Crippen molar-refractivity contribution in [3.63, 3.8) is 0 Å². The van der Waals surface area contributed by atoms with Crippen molar-refractivity contribution in [2.75, 3.05) is 36.9 Å². The summed E-state index contributed by atoms with van der Waals surface area (Å²) in [6.45, 7) is 0.290. The van der Waals surface area contributed by atoms with Crippen LogP contribution in [0.1, 0.15) is 0 Å². The molecule has 0 atom stereocenters. The molecule has 0 aliphatic carbocycles. The van der Waals surface area contributed by atoms with E-state index in [1.165, 1.54) is 0 Å². The highest BCUT2D eigenvalue weighted by Crippen LogP contribution is 2.47. The maximum absolute atomic E-state index is 11.3. The van der Waals surface area contributed by atoms with Gasteiger partial charge in [0.25, 0.3) is 0 Å². The highest BCUT2D eigenvalue weighted by molar-refractivity contribution is 7.82. The van der Waals surface area contributed by atoms with Gasteiger partial charge in [-0.15, -0.1) is 8.42 Å². The first-order chi connectivity index (χ1) is 9.07. The van der Waals surface area contributed by atoms with Gasteiger partial charge in [0, 0.05) is 13.1 Å². The average Bonchev–Trinajstić information content (AvgIpc) is 2.69. The van der Waals surface area contributed by atoms with Crippen LogP contribution in [0.25, 0.3) is 0 Å². The van der Waals surface area contributed by atoms with Gasteiger partial charge in [0.15, 0.2) is 0 Å². The third-order valence-corrected chi connectivity index (χ3v) is 3.08. The van der Waals surface area contributed by atoms with Crippen LogP contribution in [0.3, 0.4) is 0 Å².